The highest BCUT2D eigenvalue weighted by Crippen LogP contribution is 2.14. The van der Waals surface area contributed by atoms with E-state index in [1.54, 1.807) is 6.92 Å². The van der Waals surface area contributed by atoms with E-state index in [1.807, 2.05) is 54.6 Å². The Morgan fingerprint density at radius 3 is 2.10 bits per heavy atom. The number of benzene rings is 2. The highest BCUT2D eigenvalue weighted by Gasteiger charge is 2.10. The number of hydrogen-bond donors (Lipinski definition) is 0. The van der Waals surface area contributed by atoms with E-state index in [9.17, 15) is 9.59 Å². The van der Waals surface area contributed by atoms with Crippen LogP contribution in [0.2, 0.25) is 0 Å². The predicted octanol–water partition coefficient (Wildman–Crippen LogP) is 3.63. The number of Topliss-reactive ketones (excluding diaryl/α,β-unsaturated/α-hetero) is 2. The van der Waals surface area contributed by atoms with E-state index in [0.29, 0.717) is 19.3 Å². The molecule has 0 amide bonds. The van der Waals surface area contributed by atoms with Crippen LogP contribution in [0, 0.1) is 0 Å². The minimum Gasteiger partial charge on any atom is -0.300 e. The van der Waals surface area contributed by atoms with Crippen molar-refractivity contribution in [2.24, 2.45) is 0 Å². The molecule has 102 valence electrons. The third kappa shape index (κ3) is 3.89. The van der Waals surface area contributed by atoms with Gasteiger partial charge >= 0.3 is 0 Å². The molecule has 0 bridgehead atoms. The first-order chi connectivity index (χ1) is 9.66. The number of carbonyl (C=O) groups excluding carboxylic acids is 2. The van der Waals surface area contributed by atoms with Crippen LogP contribution < -0.4 is 0 Å². The summed E-state index contributed by atoms with van der Waals surface area (Å²) in [4.78, 5) is 23.3. The number of rotatable bonds is 6. The van der Waals surface area contributed by atoms with Crippen molar-refractivity contribution < 1.29 is 9.59 Å². The van der Waals surface area contributed by atoms with Gasteiger partial charge in [-0.05, 0) is 24.5 Å². The average molecular weight is 266 g/mol. The maximum Gasteiger partial charge on any atom is 0.167 e. The van der Waals surface area contributed by atoms with E-state index in [2.05, 4.69) is 0 Å². The van der Waals surface area contributed by atoms with Crippen molar-refractivity contribution in [3.8, 4) is 0 Å². The topological polar surface area (TPSA) is 34.1 Å². The molecule has 0 fully saturated rings. The van der Waals surface area contributed by atoms with Crippen molar-refractivity contribution in [2.45, 2.75) is 26.2 Å². The minimum absolute atomic E-state index is 0.112. The second-order valence-corrected chi connectivity index (χ2v) is 4.94. The summed E-state index contributed by atoms with van der Waals surface area (Å²) in [6, 6.07) is 17.2. The largest absolute Gasteiger partial charge is 0.300 e. The molecule has 0 spiro atoms. The van der Waals surface area contributed by atoms with Crippen LogP contribution in [0.4, 0.5) is 0 Å². The molecular weight excluding hydrogens is 248 g/mol. The Balaban J connectivity index is 2.13. The Hall–Kier alpha value is -2.22. The molecule has 20 heavy (non-hydrogen) atoms. The lowest BCUT2D eigenvalue weighted by Gasteiger charge is -2.08. The monoisotopic (exact) mass is 266 g/mol. The normalized spacial score (nSPS) is 10.2. The summed E-state index contributed by atoms with van der Waals surface area (Å²) in [5, 5.41) is 0. The third-order valence-corrected chi connectivity index (χ3v) is 3.31. The summed E-state index contributed by atoms with van der Waals surface area (Å²) in [5.74, 6) is 0.287. The Labute approximate surface area is 119 Å². The zero-order valence-corrected chi connectivity index (χ0v) is 11.6. The highest BCUT2D eigenvalue weighted by atomic mass is 16.1. The number of carbonyl (C=O) groups is 2. The molecule has 2 nitrogen and oxygen atoms in total. The van der Waals surface area contributed by atoms with E-state index in [0.717, 1.165) is 16.7 Å². The molecule has 0 saturated carbocycles. The van der Waals surface area contributed by atoms with E-state index in [1.165, 1.54) is 0 Å². The van der Waals surface area contributed by atoms with Gasteiger partial charge < -0.3 is 4.79 Å². The zero-order chi connectivity index (χ0) is 14.4. The van der Waals surface area contributed by atoms with Crippen LogP contribution in [-0.2, 0) is 17.6 Å². The molecule has 0 atom stereocenters. The first kappa shape index (κ1) is 14.2. The van der Waals surface area contributed by atoms with Crippen LogP contribution in [0.25, 0.3) is 0 Å². The van der Waals surface area contributed by atoms with Gasteiger partial charge in [0.2, 0.25) is 0 Å². The number of aryl methyl sites for hydroxylation is 1. The summed E-state index contributed by atoms with van der Waals surface area (Å²) < 4.78 is 0. The fourth-order valence-corrected chi connectivity index (χ4v) is 2.18. The smallest absolute Gasteiger partial charge is 0.167 e. The molecule has 0 aliphatic carbocycles. The van der Waals surface area contributed by atoms with Gasteiger partial charge in [-0.25, -0.2) is 0 Å². The first-order valence-electron chi connectivity index (χ1n) is 6.81. The fourth-order valence-electron chi connectivity index (χ4n) is 2.18. The van der Waals surface area contributed by atoms with Gasteiger partial charge in [-0.1, -0.05) is 54.6 Å². The molecule has 0 saturated heterocycles. The predicted molar refractivity (Wildman–Crippen MR) is 79.9 cm³/mol. The maximum atomic E-state index is 12.2. The Bertz CT molecular complexity index is 600. The van der Waals surface area contributed by atoms with Gasteiger partial charge in [0.05, 0.1) is 0 Å². The average Bonchev–Trinajstić information content (AvgIpc) is 2.47. The van der Waals surface area contributed by atoms with Gasteiger partial charge in [0, 0.05) is 18.4 Å². The second-order valence-electron chi connectivity index (χ2n) is 4.94. The molecule has 2 rings (SSSR count). The molecule has 2 aromatic carbocycles. The van der Waals surface area contributed by atoms with E-state index < -0.39 is 0 Å². The van der Waals surface area contributed by atoms with Gasteiger partial charge in [-0.15, -0.1) is 0 Å². The molecule has 0 N–H and O–H groups in total. The third-order valence-electron chi connectivity index (χ3n) is 3.31. The van der Waals surface area contributed by atoms with Crippen LogP contribution in [0.1, 0.15) is 34.8 Å². The van der Waals surface area contributed by atoms with E-state index >= 15 is 0 Å². The molecule has 0 aliphatic rings. The van der Waals surface area contributed by atoms with E-state index in [-0.39, 0.29) is 11.6 Å². The summed E-state index contributed by atoms with van der Waals surface area (Å²) >= 11 is 0. The minimum atomic E-state index is 0.112. The first-order valence-corrected chi connectivity index (χ1v) is 6.81. The van der Waals surface area contributed by atoms with Crippen molar-refractivity contribution in [1.29, 1.82) is 0 Å². The van der Waals surface area contributed by atoms with Crippen molar-refractivity contribution in [2.75, 3.05) is 0 Å². The van der Waals surface area contributed by atoms with Crippen molar-refractivity contribution in [3.05, 3.63) is 71.3 Å². The zero-order valence-electron chi connectivity index (χ0n) is 11.6. The molecule has 0 aromatic heterocycles. The van der Waals surface area contributed by atoms with Gasteiger partial charge in [-0.2, -0.15) is 0 Å². The van der Waals surface area contributed by atoms with Crippen LogP contribution in [0.3, 0.4) is 0 Å². The summed E-state index contributed by atoms with van der Waals surface area (Å²) in [6.45, 7) is 1.59. The van der Waals surface area contributed by atoms with Crippen LogP contribution in [0.15, 0.2) is 54.6 Å². The Morgan fingerprint density at radius 1 is 0.850 bits per heavy atom. The molecule has 0 unspecified atom stereocenters. The lowest BCUT2D eigenvalue weighted by Crippen LogP contribution is -2.06. The van der Waals surface area contributed by atoms with Crippen molar-refractivity contribution in [3.63, 3.8) is 0 Å². The summed E-state index contributed by atoms with van der Waals surface area (Å²) in [6.07, 6.45) is 1.61. The number of hydrogen-bond acceptors (Lipinski definition) is 2. The molecule has 2 aromatic rings. The van der Waals surface area contributed by atoms with Gasteiger partial charge in [0.25, 0.3) is 0 Å². The van der Waals surface area contributed by atoms with Crippen LogP contribution in [0.5, 0.6) is 0 Å². The highest BCUT2D eigenvalue weighted by molar-refractivity contribution is 5.97. The lowest BCUT2D eigenvalue weighted by molar-refractivity contribution is -0.116. The Kier molecular flexibility index (Phi) is 4.83. The van der Waals surface area contributed by atoms with Gasteiger partial charge in [0.1, 0.15) is 5.78 Å². The second kappa shape index (κ2) is 6.80. The van der Waals surface area contributed by atoms with Crippen LogP contribution >= 0.6 is 0 Å². The lowest BCUT2D eigenvalue weighted by atomic mass is 9.96. The van der Waals surface area contributed by atoms with E-state index in [4.69, 9.17) is 0 Å². The van der Waals surface area contributed by atoms with Gasteiger partial charge in [-0.3, -0.25) is 4.79 Å². The van der Waals surface area contributed by atoms with Crippen LogP contribution in [-0.4, -0.2) is 11.6 Å². The van der Waals surface area contributed by atoms with Gasteiger partial charge in [0.15, 0.2) is 5.78 Å². The molecular formula is C18H18O2. The molecule has 0 radical (unpaired) electrons. The van der Waals surface area contributed by atoms with Crippen molar-refractivity contribution >= 4 is 11.6 Å². The fraction of sp³-hybridized carbons (Fsp3) is 0.222. The maximum absolute atomic E-state index is 12.2. The van der Waals surface area contributed by atoms with Crippen molar-refractivity contribution in [1.82, 2.24) is 0 Å². The summed E-state index contributed by atoms with van der Waals surface area (Å²) in [7, 11) is 0. The quantitative estimate of drug-likeness (QED) is 0.748. The molecule has 0 heterocycles. The number of ketones is 2. The Morgan fingerprint density at radius 2 is 1.45 bits per heavy atom. The standard InChI is InChI=1S/C18H18O2/c1-14(19)11-12-15-7-5-6-10-17(15)13-18(20)16-8-3-2-4-9-16/h2-10H,11-13H2,1H3. The molecule has 2 heteroatoms. The molecule has 0 aliphatic heterocycles. The SMILES string of the molecule is CC(=O)CCc1ccccc1CC(=O)c1ccccc1. The summed E-state index contributed by atoms with van der Waals surface area (Å²) in [5.41, 5.74) is 2.84.